The normalized spacial score (nSPS) is 20.2. The lowest BCUT2D eigenvalue weighted by Gasteiger charge is -2.38. The van der Waals surface area contributed by atoms with Crippen LogP contribution in [0.5, 0.6) is 0 Å². The van der Waals surface area contributed by atoms with Gasteiger partial charge >= 0.3 is 0 Å². The van der Waals surface area contributed by atoms with Gasteiger partial charge in [0, 0.05) is 30.5 Å². The summed E-state index contributed by atoms with van der Waals surface area (Å²) in [6.45, 7) is 45.0. The van der Waals surface area contributed by atoms with Crippen molar-refractivity contribution in [2.24, 2.45) is 68.8 Å². The summed E-state index contributed by atoms with van der Waals surface area (Å²) in [5, 5.41) is 29.3. The van der Waals surface area contributed by atoms with Crippen molar-refractivity contribution in [3.05, 3.63) is 35.4 Å². The van der Waals surface area contributed by atoms with Crippen molar-refractivity contribution in [3.63, 3.8) is 0 Å². The molecule has 2 aliphatic carbocycles. The first kappa shape index (κ1) is 62.5. The molecule has 2 saturated carbocycles. The van der Waals surface area contributed by atoms with Gasteiger partial charge in [-0.1, -0.05) is 163 Å². The Bertz CT molecular complexity index is 1200. The molecule has 3 aliphatic rings. The Morgan fingerprint density at radius 1 is 0.475 bits per heavy atom. The van der Waals surface area contributed by atoms with Crippen LogP contribution in [0.2, 0.25) is 0 Å². The fraction of sp³-hybridized carbons (Fsp3) is 0.800. The van der Waals surface area contributed by atoms with Crippen LogP contribution in [0.4, 0.5) is 0 Å². The molecule has 12 N–H and O–H groups in total. The van der Waals surface area contributed by atoms with E-state index in [4.69, 9.17) is 44.6 Å². The van der Waals surface area contributed by atoms with E-state index in [1.807, 2.05) is 84.6 Å². The predicted molar refractivity (Wildman–Crippen MR) is 266 cm³/mol. The number of likely N-dealkylation sites (tertiary alicyclic amines) is 1. The van der Waals surface area contributed by atoms with E-state index in [0.29, 0.717) is 39.8 Å². The average molecular weight is 830 g/mol. The molecule has 1 heterocycles. The van der Waals surface area contributed by atoms with Crippen LogP contribution in [0.3, 0.4) is 0 Å². The van der Waals surface area contributed by atoms with Crippen LogP contribution < -0.4 is 22.9 Å². The van der Waals surface area contributed by atoms with Crippen molar-refractivity contribution in [3.8, 4) is 0 Å². The number of guanidine groups is 1. The lowest BCUT2D eigenvalue weighted by molar-refractivity contribution is 0.148. The molecule has 1 aromatic carbocycles. The van der Waals surface area contributed by atoms with E-state index in [0.717, 1.165) is 62.1 Å². The second kappa shape index (κ2) is 30.9. The number of benzene rings is 1. The highest BCUT2D eigenvalue weighted by atomic mass is 15.2. The Kier molecular flexibility index (Phi) is 32.7. The molecule has 348 valence electrons. The summed E-state index contributed by atoms with van der Waals surface area (Å²) in [4.78, 5) is 1.96. The van der Waals surface area contributed by atoms with Gasteiger partial charge < -0.3 is 27.8 Å². The maximum atomic E-state index is 7.39. The molecule has 1 saturated heterocycles. The summed E-state index contributed by atoms with van der Waals surface area (Å²) in [6, 6.07) is 7.83. The first-order chi connectivity index (χ1) is 27.1. The zero-order valence-corrected chi connectivity index (χ0v) is 42.7. The molecule has 1 aromatic rings. The van der Waals surface area contributed by atoms with Gasteiger partial charge in [-0.25, -0.2) is 0 Å². The Morgan fingerprint density at radius 2 is 0.797 bits per heavy atom. The minimum atomic E-state index is 0.125. The number of nitrogens with two attached hydrogens (primary N) is 4. The molecule has 4 rings (SSSR count). The molecule has 9 nitrogen and oxygen atoms in total. The van der Waals surface area contributed by atoms with E-state index < -0.39 is 0 Å². The quantitative estimate of drug-likeness (QED) is 0.110. The predicted octanol–water partition coefficient (Wildman–Crippen LogP) is 13.2. The molecule has 2 atom stereocenters. The number of rotatable bonds is 3. The molecule has 9 heteroatoms. The molecule has 0 radical (unpaired) electrons. The topological polar surface area (TPSA) is 203 Å². The SMILES string of the molecule is CC.CC.CC.CC.CC(C)(C)C1CCC(C(=N)N)C1.CC(C)(C)C1CCC(C(=N)N)CC1.CC(C)(C)C1CCN(C(=N)N)CC1.CC(C)(C)c1ccc(C(=N)N)cc1. The van der Waals surface area contributed by atoms with Gasteiger partial charge in [-0.2, -0.15) is 0 Å². The first-order valence-corrected chi connectivity index (χ1v) is 23.4. The maximum Gasteiger partial charge on any atom is 0.188 e. The monoisotopic (exact) mass is 830 g/mol. The third kappa shape index (κ3) is 26.7. The third-order valence-corrected chi connectivity index (χ3v) is 11.6. The van der Waals surface area contributed by atoms with Crippen molar-refractivity contribution in [2.75, 3.05) is 13.1 Å². The van der Waals surface area contributed by atoms with Crippen LogP contribution in [-0.4, -0.2) is 41.5 Å². The van der Waals surface area contributed by atoms with Gasteiger partial charge in [0.15, 0.2) is 5.96 Å². The molecule has 0 bridgehead atoms. The second-order valence-electron chi connectivity index (χ2n) is 19.7. The number of amidine groups is 3. The smallest absolute Gasteiger partial charge is 0.188 e. The van der Waals surface area contributed by atoms with Gasteiger partial charge in [-0.05, 0) is 103 Å². The fourth-order valence-corrected chi connectivity index (χ4v) is 7.46. The van der Waals surface area contributed by atoms with Crippen molar-refractivity contribution in [2.45, 2.75) is 202 Å². The number of hydrogen-bond acceptors (Lipinski definition) is 4. The van der Waals surface area contributed by atoms with Gasteiger partial charge in [-0.15, -0.1) is 0 Å². The van der Waals surface area contributed by atoms with Crippen molar-refractivity contribution in [1.29, 1.82) is 21.6 Å². The summed E-state index contributed by atoms with van der Waals surface area (Å²) in [7, 11) is 0. The zero-order valence-electron chi connectivity index (χ0n) is 42.7. The Morgan fingerprint density at radius 3 is 1.05 bits per heavy atom. The highest BCUT2D eigenvalue weighted by molar-refractivity contribution is 5.94. The Balaban J connectivity index is -0.000000323. The minimum Gasteiger partial charge on any atom is -0.387 e. The van der Waals surface area contributed by atoms with Crippen LogP contribution in [0.15, 0.2) is 24.3 Å². The Hall–Kier alpha value is -3.10. The zero-order chi connectivity index (χ0) is 47.5. The highest BCUT2D eigenvalue weighted by Gasteiger charge is 2.34. The van der Waals surface area contributed by atoms with Crippen molar-refractivity contribution in [1.82, 2.24) is 4.90 Å². The van der Waals surface area contributed by atoms with Crippen LogP contribution in [-0.2, 0) is 5.41 Å². The van der Waals surface area contributed by atoms with Gasteiger partial charge in [0.25, 0.3) is 0 Å². The standard InChI is InChI=1S/C11H22N2.C11H16N2.C10H21N3.C10H20N2.4C2H6/c2*1-11(2,3)9-6-4-8(5-7-9)10(12)13;1-10(2,3)8-4-6-13(7-5-8)9(11)12;1-10(2,3)8-5-4-7(6-8)9(11)12;4*1-2/h8-9H,4-7H2,1-3H3,(H3,12,13);4-7H,1-3H3,(H3,12,13);8H,4-7H2,1-3H3,(H3,11,12);7-8H,4-6H2,1-3H3,(H3,11,12);4*1-2H3. The summed E-state index contributed by atoms with van der Waals surface area (Å²) in [6.07, 6.45) is 10.6. The number of hydrogen-bond donors (Lipinski definition) is 8. The van der Waals surface area contributed by atoms with Crippen LogP contribution >= 0.6 is 0 Å². The fourth-order valence-electron chi connectivity index (χ4n) is 7.46. The number of nitrogen functional groups attached to an aromatic ring is 1. The summed E-state index contributed by atoms with van der Waals surface area (Å²) in [5.74, 6) is 4.24. The van der Waals surface area contributed by atoms with E-state index in [9.17, 15) is 0 Å². The van der Waals surface area contributed by atoms with E-state index >= 15 is 0 Å². The number of nitrogens with one attached hydrogen (secondary N) is 4. The minimum absolute atomic E-state index is 0.125. The lowest BCUT2D eigenvalue weighted by Crippen LogP contribution is -2.44. The van der Waals surface area contributed by atoms with Crippen molar-refractivity contribution < 1.29 is 0 Å². The van der Waals surface area contributed by atoms with Gasteiger partial charge in [0.2, 0.25) is 0 Å². The molecule has 0 aromatic heterocycles. The number of piperidine rings is 1. The number of nitrogens with zero attached hydrogens (tertiary/aromatic N) is 1. The van der Waals surface area contributed by atoms with Gasteiger partial charge in [0.1, 0.15) is 5.84 Å². The highest BCUT2D eigenvalue weighted by Crippen LogP contribution is 2.42. The van der Waals surface area contributed by atoms with E-state index in [1.54, 1.807) is 0 Å². The summed E-state index contributed by atoms with van der Waals surface area (Å²) >= 11 is 0. The van der Waals surface area contributed by atoms with Gasteiger partial charge in [-0.3, -0.25) is 21.6 Å². The Labute approximate surface area is 367 Å². The molecular weight excluding hydrogens is 727 g/mol. The largest absolute Gasteiger partial charge is 0.387 e. The third-order valence-electron chi connectivity index (χ3n) is 11.6. The van der Waals surface area contributed by atoms with Crippen molar-refractivity contribution >= 4 is 23.5 Å². The average Bonchev–Trinajstić information content (AvgIpc) is 3.70. The lowest BCUT2D eigenvalue weighted by atomic mass is 9.69. The van der Waals surface area contributed by atoms with E-state index in [-0.39, 0.29) is 17.2 Å². The van der Waals surface area contributed by atoms with Crippen LogP contribution in [0.1, 0.15) is 207 Å². The molecule has 0 spiro atoms. The van der Waals surface area contributed by atoms with Gasteiger partial charge in [0.05, 0.1) is 11.7 Å². The second-order valence-corrected chi connectivity index (χ2v) is 19.7. The summed E-state index contributed by atoms with van der Waals surface area (Å²) < 4.78 is 0. The molecule has 3 fully saturated rings. The van der Waals surface area contributed by atoms with Crippen LogP contribution in [0, 0.1) is 67.5 Å². The molecule has 0 amide bonds. The maximum absolute atomic E-state index is 7.39. The molecule has 2 unspecified atom stereocenters. The molecular formula is C50H103N9. The molecule has 1 aliphatic heterocycles. The van der Waals surface area contributed by atoms with Crippen LogP contribution in [0.25, 0.3) is 0 Å². The summed E-state index contributed by atoms with van der Waals surface area (Å²) in [5.41, 5.74) is 25.2. The van der Waals surface area contributed by atoms with E-state index in [1.165, 1.54) is 37.7 Å². The first-order valence-electron chi connectivity index (χ1n) is 23.4. The van der Waals surface area contributed by atoms with E-state index in [2.05, 4.69) is 83.1 Å². The molecule has 59 heavy (non-hydrogen) atoms.